The predicted octanol–water partition coefficient (Wildman–Crippen LogP) is 3.47. The van der Waals surface area contributed by atoms with Crippen molar-refractivity contribution < 1.29 is 18.3 Å². The monoisotopic (exact) mass is 360 g/mol. The standard InChI is InChI=1S/C20H22F2N2O2/c1-2-19(26-16-9-7-15(21)8-10-16)20(25)24-13-11-23(12-14-24)18-6-4-3-5-17(18)22/h3-10,19H,2,11-14H2,1H3/t19-/m1/s1. The van der Waals surface area contributed by atoms with Crippen molar-refractivity contribution in [2.75, 3.05) is 31.1 Å². The molecule has 0 saturated carbocycles. The summed E-state index contributed by atoms with van der Waals surface area (Å²) in [5.41, 5.74) is 0.564. The average molecular weight is 360 g/mol. The molecule has 26 heavy (non-hydrogen) atoms. The van der Waals surface area contributed by atoms with E-state index in [9.17, 15) is 13.6 Å². The summed E-state index contributed by atoms with van der Waals surface area (Å²) in [6, 6.07) is 12.3. The second-order valence-electron chi connectivity index (χ2n) is 6.23. The van der Waals surface area contributed by atoms with Crippen LogP contribution in [0.1, 0.15) is 13.3 Å². The van der Waals surface area contributed by atoms with Gasteiger partial charge in [-0.05, 0) is 42.8 Å². The molecule has 138 valence electrons. The van der Waals surface area contributed by atoms with Gasteiger partial charge in [-0.15, -0.1) is 0 Å². The molecular weight excluding hydrogens is 338 g/mol. The number of amides is 1. The molecule has 2 aromatic carbocycles. The number of rotatable bonds is 5. The second-order valence-corrected chi connectivity index (χ2v) is 6.23. The minimum Gasteiger partial charge on any atom is -0.481 e. The van der Waals surface area contributed by atoms with Crippen molar-refractivity contribution in [1.29, 1.82) is 0 Å². The molecule has 0 radical (unpaired) electrons. The number of halogens is 2. The zero-order valence-corrected chi connectivity index (χ0v) is 14.7. The number of anilines is 1. The highest BCUT2D eigenvalue weighted by atomic mass is 19.1. The van der Waals surface area contributed by atoms with E-state index in [1.807, 2.05) is 11.8 Å². The van der Waals surface area contributed by atoms with Gasteiger partial charge in [0.2, 0.25) is 0 Å². The van der Waals surface area contributed by atoms with Gasteiger partial charge in [-0.2, -0.15) is 0 Å². The topological polar surface area (TPSA) is 32.8 Å². The Morgan fingerprint density at radius 1 is 1.04 bits per heavy atom. The molecule has 1 aliphatic heterocycles. The molecule has 0 spiro atoms. The van der Waals surface area contributed by atoms with Gasteiger partial charge in [0.05, 0.1) is 5.69 Å². The van der Waals surface area contributed by atoms with Crippen molar-refractivity contribution in [3.05, 3.63) is 60.2 Å². The summed E-state index contributed by atoms with van der Waals surface area (Å²) in [5.74, 6) is -0.221. The maximum absolute atomic E-state index is 13.9. The fraction of sp³-hybridized carbons (Fsp3) is 0.350. The summed E-state index contributed by atoms with van der Waals surface area (Å²) in [6.45, 7) is 4.04. The Labute approximate surface area is 152 Å². The van der Waals surface area contributed by atoms with Gasteiger partial charge in [-0.3, -0.25) is 4.79 Å². The molecule has 2 aromatic rings. The Morgan fingerprint density at radius 3 is 2.31 bits per heavy atom. The van der Waals surface area contributed by atoms with Gasteiger partial charge in [0.25, 0.3) is 5.91 Å². The van der Waals surface area contributed by atoms with E-state index in [1.54, 1.807) is 23.1 Å². The van der Waals surface area contributed by atoms with E-state index in [1.165, 1.54) is 30.3 Å². The van der Waals surface area contributed by atoms with Crippen LogP contribution in [0.25, 0.3) is 0 Å². The Bertz CT molecular complexity index is 744. The minimum atomic E-state index is -0.611. The molecule has 1 amide bonds. The third-order valence-corrected chi connectivity index (χ3v) is 4.52. The number of carbonyl (C=O) groups excluding carboxylic acids is 1. The van der Waals surface area contributed by atoms with Gasteiger partial charge in [-0.25, -0.2) is 8.78 Å². The number of piperazine rings is 1. The van der Waals surface area contributed by atoms with Crippen LogP contribution >= 0.6 is 0 Å². The Balaban J connectivity index is 1.59. The molecule has 1 atom stereocenters. The predicted molar refractivity (Wildman–Crippen MR) is 96.3 cm³/mol. The van der Waals surface area contributed by atoms with Crippen molar-refractivity contribution in [1.82, 2.24) is 4.90 Å². The summed E-state index contributed by atoms with van der Waals surface area (Å²) in [4.78, 5) is 16.4. The highest BCUT2D eigenvalue weighted by Crippen LogP contribution is 2.21. The lowest BCUT2D eigenvalue weighted by molar-refractivity contribution is -0.139. The van der Waals surface area contributed by atoms with E-state index >= 15 is 0 Å². The van der Waals surface area contributed by atoms with Crippen molar-refractivity contribution in [2.24, 2.45) is 0 Å². The number of carbonyl (C=O) groups is 1. The Hall–Kier alpha value is -2.63. The smallest absolute Gasteiger partial charge is 0.263 e. The van der Waals surface area contributed by atoms with Crippen LogP contribution in [0, 0.1) is 11.6 Å². The number of benzene rings is 2. The van der Waals surface area contributed by atoms with Crippen LogP contribution in [0.3, 0.4) is 0 Å². The number of ether oxygens (including phenoxy) is 1. The quantitative estimate of drug-likeness (QED) is 0.819. The first-order valence-corrected chi connectivity index (χ1v) is 8.79. The Kier molecular flexibility index (Phi) is 5.71. The van der Waals surface area contributed by atoms with Crippen molar-refractivity contribution >= 4 is 11.6 Å². The molecule has 4 nitrogen and oxygen atoms in total. The highest BCUT2D eigenvalue weighted by molar-refractivity contribution is 5.81. The van der Waals surface area contributed by atoms with Crippen LogP contribution in [0.5, 0.6) is 5.75 Å². The first kappa shape index (κ1) is 18.2. The van der Waals surface area contributed by atoms with Crippen LogP contribution < -0.4 is 9.64 Å². The van der Waals surface area contributed by atoms with Crippen LogP contribution in [0.15, 0.2) is 48.5 Å². The highest BCUT2D eigenvalue weighted by Gasteiger charge is 2.28. The zero-order chi connectivity index (χ0) is 18.5. The van der Waals surface area contributed by atoms with E-state index < -0.39 is 6.10 Å². The lowest BCUT2D eigenvalue weighted by Gasteiger charge is -2.37. The largest absolute Gasteiger partial charge is 0.481 e. The van der Waals surface area contributed by atoms with Gasteiger partial charge >= 0.3 is 0 Å². The summed E-state index contributed by atoms with van der Waals surface area (Å²) in [6.07, 6.45) is -0.0931. The van der Waals surface area contributed by atoms with Gasteiger partial charge in [-0.1, -0.05) is 19.1 Å². The van der Waals surface area contributed by atoms with Crippen LogP contribution in [0.4, 0.5) is 14.5 Å². The van der Waals surface area contributed by atoms with E-state index in [2.05, 4.69) is 0 Å². The molecule has 1 fully saturated rings. The molecule has 0 aliphatic carbocycles. The van der Waals surface area contributed by atoms with Gasteiger partial charge < -0.3 is 14.5 Å². The lowest BCUT2D eigenvalue weighted by Crippen LogP contribution is -2.52. The number of para-hydroxylation sites is 1. The van der Waals surface area contributed by atoms with Crippen LogP contribution in [-0.2, 0) is 4.79 Å². The number of hydrogen-bond acceptors (Lipinski definition) is 3. The molecular formula is C20H22F2N2O2. The third kappa shape index (κ3) is 4.12. The first-order valence-electron chi connectivity index (χ1n) is 8.79. The molecule has 1 saturated heterocycles. The second kappa shape index (κ2) is 8.17. The molecule has 0 N–H and O–H groups in total. The minimum absolute atomic E-state index is 0.0926. The summed E-state index contributed by atoms with van der Waals surface area (Å²) >= 11 is 0. The maximum atomic E-state index is 13.9. The van der Waals surface area contributed by atoms with E-state index in [-0.39, 0.29) is 17.5 Å². The van der Waals surface area contributed by atoms with Gasteiger partial charge in [0, 0.05) is 26.2 Å². The number of nitrogens with zero attached hydrogens (tertiary/aromatic N) is 2. The average Bonchev–Trinajstić information content (AvgIpc) is 2.67. The van der Waals surface area contributed by atoms with Gasteiger partial charge in [0.1, 0.15) is 17.4 Å². The Morgan fingerprint density at radius 2 is 1.69 bits per heavy atom. The van der Waals surface area contributed by atoms with Crippen molar-refractivity contribution in [2.45, 2.75) is 19.4 Å². The molecule has 3 rings (SSSR count). The third-order valence-electron chi connectivity index (χ3n) is 4.52. The maximum Gasteiger partial charge on any atom is 0.263 e. The fourth-order valence-corrected chi connectivity index (χ4v) is 3.07. The molecule has 1 heterocycles. The SMILES string of the molecule is CC[C@@H](Oc1ccc(F)cc1)C(=O)N1CCN(c2ccccc2F)CC1. The fourth-order valence-electron chi connectivity index (χ4n) is 3.07. The van der Waals surface area contributed by atoms with Crippen LogP contribution in [0.2, 0.25) is 0 Å². The summed E-state index contributed by atoms with van der Waals surface area (Å²) in [7, 11) is 0. The van der Waals surface area contributed by atoms with E-state index in [0.29, 0.717) is 44.0 Å². The molecule has 0 aromatic heterocycles. The van der Waals surface area contributed by atoms with Crippen molar-refractivity contribution in [3.8, 4) is 5.75 Å². The van der Waals surface area contributed by atoms with E-state index in [4.69, 9.17) is 4.74 Å². The van der Waals surface area contributed by atoms with Crippen LogP contribution in [-0.4, -0.2) is 43.1 Å². The number of hydrogen-bond donors (Lipinski definition) is 0. The normalized spacial score (nSPS) is 15.7. The molecule has 0 unspecified atom stereocenters. The summed E-state index contributed by atoms with van der Waals surface area (Å²) < 4.78 is 32.6. The molecule has 1 aliphatic rings. The lowest BCUT2D eigenvalue weighted by atomic mass is 10.2. The molecule has 6 heteroatoms. The first-order chi connectivity index (χ1) is 12.6. The zero-order valence-electron chi connectivity index (χ0n) is 14.7. The van der Waals surface area contributed by atoms with Gasteiger partial charge in [0.15, 0.2) is 6.10 Å². The molecule has 0 bridgehead atoms. The van der Waals surface area contributed by atoms with E-state index in [0.717, 1.165) is 0 Å². The van der Waals surface area contributed by atoms with Crippen molar-refractivity contribution in [3.63, 3.8) is 0 Å². The summed E-state index contributed by atoms with van der Waals surface area (Å²) in [5, 5.41) is 0.